The molecule has 0 bridgehead atoms. The summed E-state index contributed by atoms with van der Waals surface area (Å²) >= 11 is 0. The van der Waals surface area contributed by atoms with Crippen LogP contribution >= 0.6 is 0 Å². The summed E-state index contributed by atoms with van der Waals surface area (Å²) in [6, 6.07) is 7.83. The van der Waals surface area contributed by atoms with Crippen molar-refractivity contribution >= 4 is 6.09 Å². The van der Waals surface area contributed by atoms with Crippen molar-refractivity contribution in [1.29, 1.82) is 0 Å². The maximum atomic E-state index is 12.3. The van der Waals surface area contributed by atoms with Gasteiger partial charge in [0.25, 0.3) is 0 Å². The summed E-state index contributed by atoms with van der Waals surface area (Å²) in [7, 11) is 0. The van der Waals surface area contributed by atoms with E-state index in [1.807, 2.05) is 39.0 Å². The molecule has 1 N–H and O–H groups in total. The number of hydrogen-bond donors (Lipinski definition) is 1. The quantitative estimate of drug-likeness (QED) is 0.924. The minimum atomic E-state index is -0.478. The second-order valence-corrected chi connectivity index (χ2v) is 5.92. The van der Waals surface area contributed by atoms with Gasteiger partial charge in [-0.15, -0.1) is 0 Å². The maximum Gasteiger partial charge on any atom is 0.410 e. The van der Waals surface area contributed by atoms with E-state index in [-0.39, 0.29) is 18.7 Å². The molecule has 1 atom stereocenters. The molecule has 110 valence electrons. The van der Waals surface area contributed by atoms with Crippen LogP contribution in [-0.4, -0.2) is 34.3 Å². The molecule has 1 heterocycles. The van der Waals surface area contributed by atoms with Crippen LogP contribution in [-0.2, 0) is 17.7 Å². The Balaban J connectivity index is 2.17. The number of carbonyl (C=O) groups excluding carboxylic acids is 1. The highest BCUT2D eigenvalue weighted by Gasteiger charge is 2.32. The van der Waals surface area contributed by atoms with Gasteiger partial charge in [0.2, 0.25) is 0 Å². The van der Waals surface area contributed by atoms with Gasteiger partial charge in [0.1, 0.15) is 5.60 Å². The highest BCUT2D eigenvalue weighted by Crippen LogP contribution is 2.25. The van der Waals surface area contributed by atoms with Crippen LogP contribution in [0.5, 0.6) is 0 Å². The van der Waals surface area contributed by atoms with Crippen molar-refractivity contribution in [1.82, 2.24) is 4.90 Å². The lowest BCUT2D eigenvalue weighted by atomic mass is 9.95. The molecule has 0 saturated carbocycles. The Bertz CT molecular complexity index is 484. The molecule has 1 aromatic carbocycles. The lowest BCUT2D eigenvalue weighted by Gasteiger charge is -2.37. The number of benzene rings is 1. The Labute approximate surface area is 120 Å². The van der Waals surface area contributed by atoms with Crippen molar-refractivity contribution in [2.75, 3.05) is 6.61 Å². The van der Waals surface area contributed by atoms with E-state index in [0.717, 1.165) is 12.0 Å². The van der Waals surface area contributed by atoms with Gasteiger partial charge in [0.05, 0.1) is 12.6 Å². The third-order valence-corrected chi connectivity index (χ3v) is 4.02. The highest BCUT2D eigenvalue weighted by molar-refractivity contribution is 5.69. The number of nitrogens with zero attached hydrogens (tertiary/aromatic N) is 1. The molecule has 0 aromatic heterocycles. The van der Waals surface area contributed by atoms with Crippen molar-refractivity contribution < 1.29 is 14.6 Å². The van der Waals surface area contributed by atoms with E-state index < -0.39 is 5.60 Å². The van der Waals surface area contributed by atoms with E-state index >= 15 is 0 Å². The van der Waals surface area contributed by atoms with Gasteiger partial charge >= 0.3 is 6.09 Å². The smallest absolute Gasteiger partial charge is 0.410 e. The molecule has 1 aliphatic heterocycles. The number of carbonyl (C=O) groups is 1. The molecule has 1 aromatic rings. The van der Waals surface area contributed by atoms with E-state index in [1.165, 1.54) is 5.56 Å². The third-order valence-electron chi connectivity index (χ3n) is 4.02. The number of hydrogen-bond acceptors (Lipinski definition) is 3. The van der Waals surface area contributed by atoms with Gasteiger partial charge in [-0.2, -0.15) is 0 Å². The fraction of sp³-hybridized carbons (Fsp3) is 0.562. The van der Waals surface area contributed by atoms with Gasteiger partial charge in [0, 0.05) is 6.54 Å². The summed E-state index contributed by atoms with van der Waals surface area (Å²) in [6.45, 7) is 6.24. The lowest BCUT2D eigenvalue weighted by molar-refractivity contribution is -0.00620. The fourth-order valence-electron chi connectivity index (χ4n) is 2.33. The average Bonchev–Trinajstić information content (AvgIpc) is 2.45. The number of aliphatic hydroxyl groups is 1. The monoisotopic (exact) mass is 277 g/mol. The Morgan fingerprint density at radius 2 is 2.05 bits per heavy atom. The summed E-state index contributed by atoms with van der Waals surface area (Å²) in [5.74, 6) is 0. The van der Waals surface area contributed by atoms with Gasteiger partial charge in [-0.3, -0.25) is 4.90 Å². The van der Waals surface area contributed by atoms with Crippen molar-refractivity contribution in [2.45, 2.75) is 51.8 Å². The van der Waals surface area contributed by atoms with Crippen molar-refractivity contribution in [2.24, 2.45) is 0 Å². The first-order valence-electron chi connectivity index (χ1n) is 7.14. The van der Waals surface area contributed by atoms with E-state index in [2.05, 4.69) is 6.07 Å². The van der Waals surface area contributed by atoms with Gasteiger partial charge in [-0.1, -0.05) is 31.2 Å². The molecule has 0 aliphatic carbocycles. The molecule has 1 amide bonds. The van der Waals surface area contributed by atoms with Gasteiger partial charge in [-0.05, 0) is 37.8 Å². The van der Waals surface area contributed by atoms with E-state index in [4.69, 9.17) is 4.74 Å². The van der Waals surface area contributed by atoms with Crippen LogP contribution in [0.3, 0.4) is 0 Å². The van der Waals surface area contributed by atoms with Crippen molar-refractivity contribution in [3.05, 3.63) is 35.4 Å². The molecule has 4 nitrogen and oxygen atoms in total. The first-order chi connectivity index (χ1) is 9.46. The summed E-state index contributed by atoms with van der Waals surface area (Å²) in [4.78, 5) is 14.0. The largest absolute Gasteiger partial charge is 0.443 e. The van der Waals surface area contributed by atoms with Gasteiger partial charge in [0.15, 0.2) is 0 Å². The first kappa shape index (κ1) is 14.9. The summed E-state index contributed by atoms with van der Waals surface area (Å²) < 4.78 is 5.55. The molecule has 0 spiro atoms. The van der Waals surface area contributed by atoms with Gasteiger partial charge in [-0.25, -0.2) is 4.79 Å². The van der Waals surface area contributed by atoms with Crippen LogP contribution < -0.4 is 0 Å². The molecule has 0 radical (unpaired) electrons. The molecule has 0 saturated heterocycles. The SMILES string of the molecule is CCC(C)(C)OC(=O)N1Cc2ccccc2CC1CO. The number of fused-ring (bicyclic) bond motifs is 1. The Kier molecular flexibility index (Phi) is 4.33. The zero-order chi connectivity index (χ0) is 14.8. The van der Waals surface area contributed by atoms with E-state index in [9.17, 15) is 9.90 Å². The molecular weight excluding hydrogens is 254 g/mol. The average molecular weight is 277 g/mol. The standard InChI is InChI=1S/C16H23NO3/c1-4-16(2,3)20-15(19)17-10-13-8-6-5-7-12(13)9-14(17)11-18/h5-8,14,18H,4,9-11H2,1-3H3. The zero-order valence-electron chi connectivity index (χ0n) is 12.4. The van der Waals surface area contributed by atoms with Crippen molar-refractivity contribution in [3.8, 4) is 0 Å². The van der Waals surface area contributed by atoms with Crippen LogP contribution in [0, 0.1) is 0 Å². The lowest BCUT2D eigenvalue weighted by Crippen LogP contribution is -2.48. The van der Waals surface area contributed by atoms with E-state index in [1.54, 1.807) is 4.90 Å². The second-order valence-electron chi connectivity index (χ2n) is 5.92. The molecule has 0 fully saturated rings. The number of ether oxygens (including phenoxy) is 1. The highest BCUT2D eigenvalue weighted by atomic mass is 16.6. The van der Waals surface area contributed by atoms with Crippen molar-refractivity contribution in [3.63, 3.8) is 0 Å². The predicted octanol–water partition coefficient (Wildman–Crippen LogP) is 2.73. The van der Waals surface area contributed by atoms with Crippen LogP contribution in [0.25, 0.3) is 0 Å². The molecule has 1 unspecified atom stereocenters. The number of amides is 1. The predicted molar refractivity (Wildman–Crippen MR) is 77.4 cm³/mol. The molecule has 1 aliphatic rings. The van der Waals surface area contributed by atoms with Crippen LogP contribution in [0.1, 0.15) is 38.3 Å². The maximum absolute atomic E-state index is 12.3. The second kappa shape index (κ2) is 5.83. The minimum absolute atomic E-state index is 0.0456. The third kappa shape index (κ3) is 3.12. The fourth-order valence-corrected chi connectivity index (χ4v) is 2.33. The summed E-state index contributed by atoms with van der Waals surface area (Å²) in [5.41, 5.74) is 1.85. The van der Waals surface area contributed by atoms with Crippen LogP contribution in [0.2, 0.25) is 0 Å². The molecule has 4 heteroatoms. The molecular formula is C16H23NO3. The topological polar surface area (TPSA) is 49.8 Å². The minimum Gasteiger partial charge on any atom is -0.443 e. The van der Waals surface area contributed by atoms with Gasteiger partial charge < -0.3 is 9.84 Å². The Hall–Kier alpha value is -1.55. The molecule has 20 heavy (non-hydrogen) atoms. The van der Waals surface area contributed by atoms with Crippen LogP contribution in [0.15, 0.2) is 24.3 Å². The van der Waals surface area contributed by atoms with E-state index in [0.29, 0.717) is 13.0 Å². The normalized spacial score (nSPS) is 18.6. The number of rotatable bonds is 3. The Morgan fingerprint density at radius 1 is 1.40 bits per heavy atom. The summed E-state index contributed by atoms with van der Waals surface area (Å²) in [6.07, 6.45) is 1.09. The summed E-state index contributed by atoms with van der Waals surface area (Å²) in [5, 5.41) is 9.54. The zero-order valence-corrected chi connectivity index (χ0v) is 12.4. The number of aliphatic hydroxyl groups excluding tert-OH is 1. The molecule has 2 rings (SSSR count). The first-order valence-corrected chi connectivity index (χ1v) is 7.14. The van der Waals surface area contributed by atoms with Crippen LogP contribution in [0.4, 0.5) is 4.79 Å². The Morgan fingerprint density at radius 3 is 2.65 bits per heavy atom.